The third-order valence-electron chi connectivity index (χ3n) is 4.90. The molecule has 2 aromatic rings. The molecule has 0 N–H and O–H groups in total. The maximum atomic E-state index is 2.45. The lowest BCUT2D eigenvalue weighted by Gasteiger charge is -2.01. The minimum absolute atomic E-state index is 1.08. The molecular weight excluding hydrogens is 324 g/mol. The van der Waals surface area contributed by atoms with E-state index in [1.807, 2.05) is 0 Å². The number of aromatic nitrogens is 2. The highest BCUT2D eigenvalue weighted by atomic mass is 32.2. The first kappa shape index (κ1) is 20.4. The summed E-state index contributed by atoms with van der Waals surface area (Å²) in [7, 11) is 0. The van der Waals surface area contributed by atoms with Gasteiger partial charge >= 0.3 is 0 Å². The van der Waals surface area contributed by atoms with Crippen LogP contribution in [0.25, 0.3) is 11.0 Å². The number of hydrogen-bond donors (Lipinski definition) is 0. The van der Waals surface area contributed by atoms with E-state index in [0.29, 0.717) is 0 Å². The van der Waals surface area contributed by atoms with Crippen molar-refractivity contribution in [2.75, 3.05) is 5.75 Å². The van der Waals surface area contributed by atoms with E-state index < -0.39 is 0 Å². The van der Waals surface area contributed by atoms with Crippen molar-refractivity contribution >= 4 is 22.8 Å². The molecule has 1 aromatic heterocycles. The third kappa shape index (κ3) is 7.05. The average Bonchev–Trinajstić information content (AvgIpc) is 2.99. The van der Waals surface area contributed by atoms with Gasteiger partial charge in [0.2, 0.25) is 6.33 Å². The lowest BCUT2D eigenvalue weighted by atomic mass is 10.1. The van der Waals surface area contributed by atoms with E-state index in [1.165, 1.54) is 81.0 Å². The molecule has 0 aliphatic rings. The smallest absolute Gasteiger partial charge is 0.230 e. The number of para-hydroxylation sites is 2. The molecule has 0 amide bonds. The molecule has 0 aliphatic carbocycles. The van der Waals surface area contributed by atoms with Gasteiger partial charge in [-0.1, -0.05) is 70.9 Å². The van der Waals surface area contributed by atoms with Crippen molar-refractivity contribution in [1.29, 1.82) is 0 Å². The largest absolute Gasteiger partial charge is 0.245 e. The van der Waals surface area contributed by atoms with Crippen LogP contribution in [-0.2, 0) is 12.4 Å². The Hall–Kier alpha value is -0.960. The monoisotopic (exact) mass is 361 g/mol. The van der Waals surface area contributed by atoms with Crippen molar-refractivity contribution in [1.82, 2.24) is 4.57 Å². The van der Waals surface area contributed by atoms with Gasteiger partial charge in [0.1, 0.15) is 5.88 Å². The summed E-state index contributed by atoms with van der Waals surface area (Å²) >= 11 is 2.08. The summed E-state index contributed by atoms with van der Waals surface area (Å²) in [5.41, 5.74) is 2.77. The molecule has 0 radical (unpaired) electrons. The standard InChI is InChI=1S/C22H37N2S/c1-3-5-7-9-10-14-18-25-20-24-19-23(17-13-8-6-4-2)21-15-11-12-16-22(21)24/h11-12,15-16,19H,3-10,13-14,17-18,20H2,1-2H3/q+1. The SMILES string of the molecule is CCCCCCCCSC[n+]1cn(CCCCCC)c2ccccc21. The molecule has 1 aromatic carbocycles. The zero-order valence-corrected chi connectivity index (χ0v) is 17.2. The topological polar surface area (TPSA) is 8.81 Å². The minimum Gasteiger partial charge on any atom is -0.230 e. The fourth-order valence-electron chi connectivity index (χ4n) is 3.38. The second-order valence-electron chi connectivity index (χ2n) is 7.13. The summed E-state index contributed by atoms with van der Waals surface area (Å²) in [5, 5.41) is 0. The highest BCUT2D eigenvalue weighted by molar-refractivity contribution is 7.98. The van der Waals surface area contributed by atoms with Crippen molar-refractivity contribution in [3.05, 3.63) is 30.6 Å². The Labute approximate surface area is 159 Å². The van der Waals surface area contributed by atoms with Crippen molar-refractivity contribution in [3.63, 3.8) is 0 Å². The zero-order valence-electron chi connectivity index (χ0n) is 16.4. The number of rotatable bonds is 14. The average molecular weight is 362 g/mol. The van der Waals surface area contributed by atoms with E-state index in [1.54, 1.807) is 0 Å². The predicted molar refractivity (Wildman–Crippen MR) is 112 cm³/mol. The number of hydrogen-bond acceptors (Lipinski definition) is 1. The van der Waals surface area contributed by atoms with Gasteiger partial charge in [-0.05, 0) is 37.1 Å². The van der Waals surface area contributed by atoms with Crippen LogP contribution in [0.15, 0.2) is 30.6 Å². The van der Waals surface area contributed by atoms with Crippen LogP contribution in [0, 0.1) is 0 Å². The first-order valence-electron chi connectivity index (χ1n) is 10.4. The number of fused-ring (bicyclic) bond motifs is 1. The second-order valence-corrected chi connectivity index (χ2v) is 8.21. The number of aryl methyl sites for hydroxylation is 1. The molecule has 0 fully saturated rings. The number of thioether (sulfide) groups is 1. The maximum Gasteiger partial charge on any atom is 0.245 e. The van der Waals surface area contributed by atoms with Crippen LogP contribution in [0.3, 0.4) is 0 Å². The third-order valence-corrected chi connectivity index (χ3v) is 5.94. The Morgan fingerprint density at radius 2 is 1.52 bits per heavy atom. The van der Waals surface area contributed by atoms with Crippen LogP contribution < -0.4 is 4.57 Å². The summed E-state index contributed by atoms with van der Waals surface area (Å²) in [5.74, 6) is 2.37. The fraction of sp³-hybridized carbons (Fsp3) is 0.682. The number of imidazole rings is 1. The lowest BCUT2D eigenvalue weighted by molar-refractivity contribution is -0.650. The van der Waals surface area contributed by atoms with Crippen LogP contribution in [-0.4, -0.2) is 10.3 Å². The van der Waals surface area contributed by atoms with Gasteiger partial charge in [0, 0.05) is 0 Å². The highest BCUT2D eigenvalue weighted by Gasteiger charge is 2.14. The normalized spacial score (nSPS) is 11.4. The molecule has 2 rings (SSSR count). The van der Waals surface area contributed by atoms with Crippen LogP contribution in [0.4, 0.5) is 0 Å². The van der Waals surface area contributed by atoms with Crippen molar-refractivity contribution in [3.8, 4) is 0 Å². The first-order chi connectivity index (χ1) is 12.4. The van der Waals surface area contributed by atoms with Gasteiger partial charge in [0.25, 0.3) is 0 Å². The van der Waals surface area contributed by atoms with Crippen LogP contribution in [0.2, 0.25) is 0 Å². The molecule has 0 saturated heterocycles. The van der Waals surface area contributed by atoms with Crippen LogP contribution in [0.5, 0.6) is 0 Å². The number of unbranched alkanes of at least 4 members (excludes halogenated alkanes) is 8. The summed E-state index contributed by atoms with van der Waals surface area (Å²) in [6.45, 7) is 5.71. The van der Waals surface area contributed by atoms with Crippen molar-refractivity contribution < 1.29 is 4.57 Å². The van der Waals surface area contributed by atoms with E-state index in [4.69, 9.17) is 0 Å². The van der Waals surface area contributed by atoms with E-state index in [-0.39, 0.29) is 0 Å². The summed E-state index contributed by atoms with van der Waals surface area (Å²) < 4.78 is 4.90. The molecular formula is C22H37N2S+. The van der Waals surface area contributed by atoms with Crippen LogP contribution >= 0.6 is 11.8 Å². The first-order valence-corrected chi connectivity index (χ1v) is 11.6. The molecule has 0 aliphatic heterocycles. The van der Waals surface area contributed by atoms with Crippen molar-refractivity contribution in [2.45, 2.75) is 90.5 Å². The van der Waals surface area contributed by atoms with E-state index in [2.05, 4.69) is 65.3 Å². The van der Waals surface area contributed by atoms with E-state index in [9.17, 15) is 0 Å². The summed E-state index contributed by atoms with van der Waals surface area (Å²) in [6, 6.07) is 8.87. The molecule has 140 valence electrons. The molecule has 0 spiro atoms. The molecule has 3 heteroatoms. The van der Waals surface area contributed by atoms with E-state index >= 15 is 0 Å². The predicted octanol–water partition coefficient (Wildman–Crippen LogP) is 6.56. The van der Waals surface area contributed by atoms with Gasteiger partial charge < -0.3 is 0 Å². The molecule has 0 unspecified atom stereocenters. The fourth-order valence-corrected chi connectivity index (χ4v) is 4.32. The Bertz CT molecular complexity index is 591. The van der Waals surface area contributed by atoms with Gasteiger partial charge in [-0.25, -0.2) is 9.13 Å². The molecule has 25 heavy (non-hydrogen) atoms. The molecule has 0 atom stereocenters. The second kappa shape index (κ2) is 12.4. The Morgan fingerprint density at radius 1 is 0.840 bits per heavy atom. The van der Waals surface area contributed by atoms with Gasteiger partial charge in [-0.2, -0.15) is 0 Å². The van der Waals surface area contributed by atoms with Gasteiger partial charge in [0.05, 0.1) is 6.54 Å². The van der Waals surface area contributed by atoms with Gasteiger partial charge in [-0.3, -0.25) is 0 Å². The number of benzene rings is 1. The van der Waals surface area contributed by atoms with E-state index in [0.717, 1.165) is 12.4 Å². The van der Waals surface area contributed by atoms with Crippen molar-refractivity contribution in [2.24, 2.45) is 0 Å². The molecule has 1 heterocycles. The Balaban J connectivity index is 1.79. The molecule has 2 nitrogen and oxygen atoms in total. The van der Waals surface area contributed by atoms with Crippen LogP contribution in [0.1, 0.15) is 78.1 Å². The minimum atomic E-state index is 1.08. The number of nitrogens with zero attached hydrogens (tertiary/aromatic N) is 2. The summed E-state index contributed by atoms with van der Waals surface area (Å²) in [4.78, 5) is 0. The maximum absolute atomic E-state index is 2.45. The Kier molecular flexibility index (Phi) is 10.1. The summed E-state index contributed by atoms with van der Waals surface area (Å²) in [6.07, 6.45) is 16.0. The zero-order chi connectivity index (χ0) is 17.7. The highest BCUT2D eigenvalue weighted by Crippen LogP contribution is 2.15. The quantitative estimate of drug-likeness (QED) is 0.273. The lowest BCUT2D eigenvalue weighted by Crippen LogP contribution is -2.30. The molecule has 0 bridgehead atoms. The molecule has 0 saturated carbocycles. The van der Waals surface area contributed by atoms with Gasteiger partial charge in [-0.15, -0.1) is 11.8 Å². The van der Waals surface area contributed by atoms with Gasteiger partial charge in [0.15, 0.2) is 11.0 Å². The Morgan fingerprint density at radius 3 is 2.32 bits per heavy atom.